The fourth-order valence-electron chi connectivity index (χ4n) is 3.40. The zero-order valence-corrected chi connectivity index (χ0v) is 16.9. The van der Waals surface area contributed by atoms with Crippen molar-refractivity contribution >= 4 is 11.8 Å². The highest BCUT2D eigenvalue weighted by Crippen LogP contribution is 2.10. The summed E-state index contributed by atoms with van der Waals surface area (Å²) in [5.41, 5.74) is 0. The smallest absolute Gasteiger partial charge is 0.222 e. The van der Waals surface area contributed by atoms with Gasteiger partial charge >= 0.3 is 0 Å². The Bertz CT molecular complexity index is 407. The Kier molecular flexibility index (Phi) is 13.9. The van der Waals surface area contributed by atoms with Crippen LogP contribution in [0.15, 0.2) is 12.2 Å². The molecule has 0 bridgehead atoms. The van der Waals surface area contributed by atoms with Crippen molar-refractivity contribution in [2.45, 2.75) is 109 Å². The van der Waals surface area contributed by atoms with E-state index in [1.54, 1.807) is 0 Å². The molecule has 1 atom stereocenters. The van der Waals surface area contributed by atoms with Gasteiger partial charge < -0.3 is 10.6 Å². The monoisotopic (exact) mass is 364 g/mol. The van der Waals surface area contributed by atoms with Crippen LogP contribution in [-0.2, 0) is 9.59 Å². The lowest BCUT2D eigenvalue weighted by Crippen LogP contribution is -2.36. The molecule has 1 aliphatic rings. The van der Waals surface area contributed by atoms with Gasteiger partial charge in [-0.2, -0.15) is 0 Å². The molecule has 1 rings (SSSR count). The van der Waals surface area contributed by atoms with E-state index in [2.05, 4.69) is 29.7 Å². The zero-order valence-electron chi connectivity index (χ0n) is 16.9. The van der Waals surface area contributed by atoms with E-state index in [1.165, 1.54) is 57.8 Å². The summed E-state index contributed by atoms with van der Waals surface area (Å²) in [6, 6.07) is 0.0266. The van der Waals surface area contributed by atoms with Gasteiger partial charge in [0.2, 0.25) is 11.8 Å². The summed E-state index contributed by atoms with van der Waals surface area (Å²) in [6.45, 7) is 2.99. The number of allylic oxidation sites excluding steroid dienone is 2. The topological polar surface area (TPSA) is 58.2 Å². The van der Waals surface area contributed by atoms with Crippen LogP contribution in [0.5, 0.6) is 0 Å². The van der Waals surface area contributed by atoms with Crippen LogP contribution in [0.3, 0.4) is 0 Å². The van der Waals surface area contributed by atoms with Crippen molar-refractivity contribution in [3.05, 3.63) is 12.2 Å². The molecule has 0 spiro atoms. The first-order chi connectivity index (χ1) is 12.7. The van der Waals surface area contributed by atoms with E-state index < -0.39 is 0 Å². The molecule has 0 aromatic carbocycles. The van der Waals surface area contributed by atoms with Crippen molar-refractivity contribution in [2.24, 2.45) is 0 Å². The lowest BCUT2D eigenvalue weighted by molar-refractivity contribution is -0.123. The molecule has 4 nitrogen and oxygen atoms in total. The molecule has 0 saturated carbocycles. The minimum Gasteiger partial charge on any atom is -0.356 e. The molecule has 0 aromatic rings. The van der Waals surface area contributed by atoms with E-state index in [0.29, 0.717) is 12.8 Å². The van der Waals surface area contributed by atoms with Crippen molar-refractivity contribution in [1.82, 2.24) is 10.6 Å². The van der Waals surface area contributed by atoms with Gasteiger partial charge in [-0.1, -0.05) is 57.6 Å². The Morgan fingerprint density at radius 3 is 2.42 bits per heavy atom. The number of nitrogens with one attached hydrogen (secondary N) is 2. The quantitative estimate of drug-likeness (QED) is 0.335. The number of hydrogen-bond acceptors (Lipinski definition) is 2. The maximum Gasteiger partial charge on any atom is 0.222 e. The predicted molar refractivity (Wildman–Crippen MR) is 109 cm³/mol. The van der Waals surface area contributed by atoms with E-state index in [9.17, 15) is 9.59 Å². The Hall–Kier alpha value is -1.32. The molecule has 1 saturated heterocycles. The minimum absolute atomic E-state index is 0.0266. The molecule has 1 heterocycles. The van der Waals surface area contributed by atoms with Crippen LogP contribution in [-0.4, -0.2) is 24.4 Å². The fourth-order valence-corrected chi connectivity index (χ4v) is 3.40. The van der Waals surface area contributed by atoms with Gasteiger partial charge in [0.1, 0.15) is 0 Å². The van der Waals surface area contributed by atoms with Crippen molar-refractivity contribution in [1.29, 1.82) is 0 Å². The standard InChI is InChI=1S/C22H40N2O2/c1-2-3-4-5-6-7-8-9-10-11-12-13-14-17-21(25)24-20-16-15-18-23-22(26)19-20/h7-8,20H,2-6,9-19H2,1H3,(H,23,26)(H,24,25)/t20-/m0/s1. The third-order valence-corrected chi connectivity index (χ3v) is 5.01. The highest BCUT2D eigenvalue weighted by molar-refractivity contribution is 5.79. The van der Waals surface area contributed by atoms with Gasteiger partial charge in [-0.3, -0.25) is 9.59 Å². The van der Waals surface area contributed by atoms with Gasteiger partial charge in [-0.25, -0.2) is 0 Å². The molecule has 1 fully saturated rings. The van der Waals surface area contributed by atoms with Gasteiger partial charge in [0, 0.05) is 25.4 Å². The maximum absolute atomic E-state index is 12.0. The van der Waals surface area contributed by atoms with E-state index in [1.807, 2.05) is 0 Å². The summed E-state index contributed by atoms with van der Waals surface area (Å²) in [7, 11) is 0. The summed E-state index contributed by atoms with van der Waals surface area (Å²) in [4.78, 5) is 23.5. The highest BCUT2D eigenvalue weighted by Gasteiger charge is 2.18. The van der Waals surface area contributed by atoms with Crippen LogP contribution < -0.4 is 10.6 Å². The third kappa shape index (κ3) is 13.0. The molecule has 0 radical (unpaired) electrons. The van der Waals surface area contributed by atoms with Crippen molar-refractivity contribution in [3.63, 3.8) is 0 Å². The SMILES string of the molecule is CCCCCCC=CCCCCCCCC(=O)N[C@H]1CCCNC(=O)C1. The summed E-state index contributed by atoms with van der Waals surface area (Å²) in [5.74, 6) is 0.165. The van der Waals surface area contributed by atoms with Gasteiger partial charge in [0.15, 0.2) is 0 Å². The molecule has 26 heavy (non-hydrogen) atoms. The molecule has 0 unspecified atom stereocenters. The predicted octanol–water partition coefficient (Wildman–Crippen LogP) is 5.03. The molecule has 2 amide bonds. The maximum atomic E-state index is 12.0. The summed E-state index contributed by atoms with van der Waals surface area (Å²) in [6.07, 6.45) is 21.1. The molecular formula is C22H40N2O2. The number of carbonyl (C=O) groups excluding carboxylic acids is 2. The molecular weight excluding hydrogens is 324 g/mol. The van der Waals surface area contributed by atoms with E-state index >= 15 is 0 Å². The highest BCUT2D eigenvalue weighted by atomic mass is 16.2. The second kappa shape index (κ2) is 15.9. The lowest BCUT2D eigenvalue weighted by Gasteiger charge is -2.15. The van der Waals surface area contributed by atoms with Crippen LogP contribution in [0.25, 0.3) is 0 Å². The first kappa shape index (κ1) is 22.7. The number of amides is 2. The summed E-state index contributed by atoms with van der Waals surface area (Å²) < 4.78 is 0. The number of rotatable bonds is 14. The third-order valence-electron chi connectivity index (χ3n) is 5.01. The lowest BCUT2D eigenvalue weighted by atomic mass is 10.1. The normalized spacial score (nSPS) is 17.9. The first-order valence-corrected chi connectivity index (χ1v) is 10.9. The van der Waals surface area contributed by atoms with Crippen molar-refractivity contribution < 1.29 is 9.59 Å². The van der Waals surface area contributed by atoms with Crippen LogP contribution >= 0.6 is 0 Å². The van der Waals surface area contributed by atoms with Gasteiger partial charge in [-0.05, 0) is 44.9 Å². The minimum atomic E-state index is 0.0266. The summed E-state index contributed by atoms with van der Waals surface area (Å²) in [5, 5.41) is 5.87. The fraction of sp³-hybridized carbons (Fsp3) is 0.818. The number of unbranched alkanes of at least 4 members (excludes halogenated alkanes) is 9. The van der Waals surface area contributed by atoms with E-state index in [-0.39, 0.29) is 17.9 Å². The zero-order chi connectivity index (χ0) is 18.9. The van der Waals surface area contributed by atoms with E-state index in [0.717, 1.165) is 32.2 Å². The number of carbonyl (C=O) groups is 2. The molecule has 0 aliphatic carbocycles. The molecule has 0 aromatic heterocycles. The van der Waals surface area contributed by atoms with Crippen LogP contribution in [0, 0.1) is 0 Å². The van der Waals surface area contributed by atoms with Crippen molar-refractivity contribution in [2.75, 3.05) is 6.54 Å². The van der Waals surface area contributed by atoms with Crippen LogP contribution in [0.4, 0.5) is 0 Å². The van der Waals surface area contributed by atoms with Gasteiger partial charge in [0.05, 0.1) is 0 Å². The summed E-state index contributed by atoms with van der Waals surface area (Å²) >= 11 is 0. The first-order valence-electron chi connectivity index (χ1n) is 10.9. The average molecular weight is 365 g/mol. The van der Waals surface area contributed by atoms with Crippen LogP contribution in [0.1, 0.15) is 103 Å². The Balaban J connectivity index is 1.89. The van der Waals surface area contributed by atoms with Crippen molar-refractivity contribution in [3.8, 4) is 0 Å². The van der Waals surface area contributed by atoms with Gasteiger partial charge in [-0.15, -0.1) is 0 Å². The molecule has 150 valence electrons. The molecule has 4 heteroatoms. The van der Waals surface area contributed by atoms with Crippen LogP contribution in [0.2, 0.25) is 0 Å². The second-order valence-electron chi connectivity index (χ2n) is 7.59. The number of hydrogen-bond donors (Lipinski definition) is 2. The molecule has 1 aliphatic heterocycles. The Morgan fingerprint density at radius 2 is 1.69 bits per heavy atom. The Labute approximate surface area is 160 Å². The average Bonchev–Trinajstić information content (AvgIpc) is 2.82. The largest absolute Gasteiger partial charge is 0.356 e. The van der Waals surface area contributed by atoms with Gasteiger partial charge in [0.25, 0.3) is 0 Å². The van der Waals surface area contributed by atoms with E-state index in [4.69, 9.17) is 0 Å². The Morgan fingerprint density at radius 1 is 1.04 bits per heavy atom. The second-order valence-corrected chi connectivity index (χ2v) is 7.59. The molecule has 2 N–H and O–H groups in total.